The van der Waals surface area contributed by atoms with Gasteiger partial charge in [0.05, 0.1) is 14.2 Å². The Kier molecular flexibility index (Phi) is 3.73. The van der Waals surface area contributed by atoms with Crippen LogP contribution in [0.25, 0.3) is 0 Å². The highest BCUT2D eigenvalue weighted by molar-refractivity contribution is 5.54. The van der Waals surface area contributed by atoms with Gasteiger partial charge in [-0.25, -0.2) is 0 Å². The number of benzene rings is 1. The molecule has 2 aliphatic carbocycles. The molecule has 0 heterocycles. The van der Waals surface area contributed by atoms with Crippen molar-refractivity contribution < 1.29 is 9.47 Å². The van der Waals surface area contributed by atoms with E-state index in [2.05, 4.69) is 31.7 Å². The van der Waals surface area contributed by atoms with Crippen LogP contribution >= 0.6 is 0 Å². The zero-order valence-corrected chi connectivity index (χ0v) is 13.4. The van der Waals surface area contributed by atoms with Gasteiger partial charge in [-0.3, -0.25) is 0 Å². The minimum Gasteiger partial charge on any atom is -0.493 e. The van der Waals surface area contributed by atoms with Crippen LogP contribution in [0, 0.1) is 11.8 Å². The van der Waals surface area contributed by atoms with Crippen molar-refractivity contribution in [1.82, 2.24) is 0 Å². The van der Waals surface area contributed by atoms with E-state index in [9.17, 15) is 0 Å². The zero-order valence-electron chi connectivity index (χ0n) is 13.4. The molecule has 0 aliphatic heterocycles. The summed E-state index contributed by atoms with van der Waals surface area (Å²) >= 11 is 0. The van der Waals surface area contributed by atoms with Gasteiger partial charge in [-0.15, -0.1) is 6.58 Å². The van der Waals surface area contributed by atoms with Crippen molar-refractivity contribution in [2.75, 3.05) is 14.2 Å². The number of hydrogen-bond acceptors (Lipinski definition) is 2. The van der Waals surface area contributed by atoms with Gasteiger partial charge in [0.25, 0.3) is 0 Å². The summed E-state index contributed by atoms with van der Waals surface area (Å²) in [5.74, 6) is 3.17. The molecular weight excluding hydrogens is 260 g/mol. The largest absolute Gasteiger partial charge is 0.493 e. The molecule has 0 radical (unpaired) electrons. The number of fused-ring (bicyclic) bond motifs is 3. The molecule has 0 aromatic heterocycles. The fraction of sp³-hybridized carbons (Fsp3) is 0.579. The lowest BCUT2D eigenvalue weighted by Gasteiger charge is -2.50. The lowest BCUT2D eigenvalue weighted by Crippen LogP contribution is -2.43. The normalized spacial score (nSPS) is 31.0. The predicted octanol–water partition coefficient (Wildman–Crippen LogP) is 4.51. The van der Waals surface area contributed by atoms with Gasteiger partial charge in [0, 0.05) is 5.56 Å². The molecule has 2 nitrogen and oxygen atoms in total. The molecule has 0 unspecified atom stereocenters. The van der Waals surface area contributed by atoms with Gasteiger partial charge in [-0.2, -0.15) is 0 Å². The molecule has 3 atom stereocenters. The Balaban J connectivity index is 2.12. The highest BCUT2D eigenvalue weighted by Crippen LogP contribution is 2.54. The molecule has 1 aromatic rings. The molecule has 0 N–H and O–H groups in total. The first-order chi connectivity index (χ1) is 10.2. The first kappa shape index (κ1) is 14.5. The third kappa shape index (κ3) is 2.07. The summed E-state index contributed by atoms with van der Waals surface area (Å²) in [6, 6.07) is 4.34. The van der Waals surface area contributed by atoms with E-state index in [1.165, 1.54) is 36.8 Å². The van der Waals surface area contributed by atoms with E-state index in [1.807, 2.05) is 0 Å². The first-order valence-electron chi connectivity index (χ1n) is 8.02. The molecule has 1 aromatic carbocycles. The average molecular weight is 286 g/mol. The fourth-order valence-electron chi connectivity index (χ4n) is 4.79. The van der Waals surface area contributed by atoms with Crippen LogP contribution in [-0.2, 0) is 11.8 Å². The van der Waals surface area contributed by atoms with Gasteiger partial charge in [0.1, 0.15) is 0 Å². The van der Waals surface area contributed by atoms with Gasteiger partial charge in [-0.05, 0) is 54.6 Å². The van der Waals surface area contributed by atoms with Crippen LogP contribution in [0.2, 0.25) is 0 Å². The maximum Gasteiger partial charge on any atom is 0.164 e. The van der Waals surface area contributed by atoms with Crippen LogP contribution in [0.3, 0.4) is 0 Å². The van der Waals surface area contributed by atoms with Gasteiger partial charge >= 0.3 is 0 Å². The first-order valence-corrected chi connectivity index (χ1v) is 8.02. The Bertz CT molecular complexity index is 549. The molecule has 1 fully saturated rings. The molecule has 0 bridgehead atoms. The Morgan fingerprint density at radius 2 is 2.05 bits per heavy atom. The van der Waals surface area contributed by atoms with Crippen LogP contribution in [0.5, 0.6) is 11.5 Å². The van der Waals surface area contributed by atoms with E-state index in [0.29, 0.717) is 11.8 Å². The number of ether oxygens (including phenoxy) is 2. The van der Waals surface area contributed by atoms with Gasteiger partial charge < -0.3 is 9.47 Å². The Morgan fingerprint density at radius 1 is 1.24 bits per heavy atom. The van der Waals surface area contributed by atoms with Crippen molar-refractivity contribution in [2.45, 2.75) is 44.4 Å². The highest BCUT2D eigenvalue weighted by Gasteiger charge is 2.46. The van der Waals surface area contributed by atoms with E-state index in [4.69, 9.17) is 9.47 Å². The number of rotatable bonds is 3. The number of allylic oxidation sites excluding steroid dienone is 1. The van der Waals surface area contributed by atoms with E-state index < -0.39 is 0 Å². The smallest absolute Gasteiger partial charge is 0.164 e. The molecule has 0 saturated heterocycles. The van der Waals surface area contributed by atoms with Gasteiger partial charge in [0.2, 0.25) is 0 Å². The monoisotopic (exact) mass is 286 g/mol. The summed E-state index contributed by atoms with van der Waals surface area (Å²) in [5.41, 5.74) is 3.09. The van der Waals surface area contributed by atoms with Crippen molar-refractivity contribution in [3.05, 3.63) is 35.9 Å². The molecule has 21 heavy (non-hydrogen) atoms. The van der Waals surface area contributed by atoms with Crippen molar-refractivity contribution >= 4 is 0 Å². The lowest BCUT2D eigenvalue weighted by atomic mass is 9.55. The molecule has 114 valence electrons. The number of methoxy groups -OCH3 is 2. The second-order valence-electron chi connectivity index (χ2n) is 6.68. The topological polar surface area (TPSA) is 18.5 Å². The van der Waals surface area contributed by atoms with Crippen LogP contribution in [0.1, 0.15) is 43.7 Å². The molecule has 0 spiro atoms. The van der Waals surface area contributed by atoms with Crippen LogP contribution in [0.4, 0.5) is 0 Å². The molecule has 1 saturated carbocycles. The zero-order chi connectivity index (χ0) is 15.0. The Labute approximate surface area is 128 Å². The third-order valence-corrected chi connectivity index (χ3v) is 5.84. The standard InChI is InChI=1S/C19H26O2/c1-5-13-7-6-12-19(2)15(13)9-8-14-16(19)10-11-17(20-3)18(14)21-4/h5,10-11,13,15H,1,6-9,12H2,2-4H3/t13-,15+,19+/m1/s1. The summed E-state index contributed by atoms with van der Waals surface area (Å²) in [7, 11) is 3.46. The van der Waals surface area contributed by atoms with Crippen molar-refractivity contribution in [1.29, 1.82) is 0 Å². The van der Waals surface area contributed by atoms with E-state index in [0.717, 1.165) is 17.9 Å². The fourth-order valence-corrected chi connectivity index (χ4v) is 4.79. The van der Waals surface area contributed by atoms with E-state index in [-0.39, 0.29) is 5.41 Å². The lowest BCUT2D eigenvalue weighted by molar-refractivity contribution is 0.132. The van der Waals surface area contributed by atoms with Crippen molar-refractivity contribution in [3.8, 4) is 11.5 Å². The van der Waals surface area contributed by atoms with Crippen LogP contribution in [-0.4, -0.2) is 14.2 Å². The molecule has 3 rings (SSSR count). The molecule has 2 heteroatoms. The van der Waals surface area contributed by atoms with Gasteiger partial charge in [0.15, 0.2) is 11.5 Å². The van der Waals surface area contributed by atoms with E-state index in [1.54, 1.807) is 14.2 Å². The summed E-state index contributed by atoms with van der Waals surface area (Å²) < 4.78 is 11.1. The second-order valence-corrected chi connectivity index (χ2v) is 6.68. The summed E-state index contributed by atoms with van der Waals surface area (Å²) in [6.45, 7) is 6.52. The maximum absolute atomic E-state index is 5.67. The van der Waals surface area contributed by atoms with Crippen molar-refractivity contribution in [3.63, 3.8) is 0 Å². The van der Waals surface area contributed by atoms with Crippen molar-refractivity contribution in [2.24, 2.45) is 11.8 Å². The number of hydrogen-bond donors (Lipinski definition) is 0. The summed E-state index contributed by atoms with van der Waals surface area (Å²) in [6.07, 6.45) is 8.35. The average Bonchev–Trinajstić information content (AvgIpc) is 2.52. The quantitative estimate of drug-likeness (QED) is 0.761. The second kappa shape index (κ2) is 5.40. The molecule has 2 aliphatic rings. The van der Waals surface area contributed by atoms with E-state index >= 15 is 0 Å². The third-order valence-electron chi connectivity index (χ3n) is 5.84. The SMILES string of the molecule is C=C[C@@H]1CCC[C@]2(C)c3ccc(OC)c(OC)c3CC[C@@H]12. The van der Waals surface area contributed by atoms with Crippen LogP contribution in [0.15, 0.2) is 24.8 Å². The molecular formula is C19H26O2. The van der Waals surface area contributed by atoms with Crippen LogP contribution < -0.4 is 9.47 Å². The predicted molar refractivity (Wildman–Crippen MR) is 86.2 cm³/mol. The Morgan fingerprint density at radius 3 is 2.71 bits per heavy atom. The highest BCUT2D eigenvalue weighted by atomic mass is 16.5. The van der Waals surface area contributed by atoms with Gasteiger partial charge in [-0.1, -0.05) is 25.5 Å². The summed E-state index contributed by atoms with van der Waals surface area (Å²) in [4.78, 5) is 0. The Hall–Kier alpha value is -1.44. The maximum atomic E-state index is 5.67. The minimum atomic E-state index is 0.254. The summed E-state index contributed by atoms with van der Waals surface area (Å²) in [5, 5.41) is 0. The minimum absolute atomic E-state index is 0.254. The molecule has 0 amide bonds.